The standard InChI is InChI=1S/C12H23N3.ClH/c1-4-6-8-13-10-12-7-9-14-15(12)11(3)5-2;/h7,9,11,13H,4-6,8,10H2,1-3H3;1H. The lowest BCUT2D eigenvalue weighted by molar-refractivity contribution is 0.451. The van der Waals surface area contributed by atoms with Gasteiger partial charge in [-0.15, -0.1) is 12.4 Å². The summed E-state index contributed by atoms with van der Waals surface area (Å²) < 4.78 is 2.12. The van der Waals surface area contributed by atoms with Crippen LogP contribution in [0, 0.1) is 0 Å². The lowest BCUT2D eigenvalue weighted by Crippen LogP contribution is -2.19. The predicted molar refractivity (Wildman–Crippen MR) is 71.1 cm³/mol. The van der Waals surface area contributed by atoms with E-state index in [1.807, 2.05) is 6.20 Å². The molecule has 0 aromatic carbocycles. The van der Waals surface area contributed by atoms with Crippen molar-refractivity contribution in [2.24, 2.45) is 0 Å². The summed E-state index contributed by atoms with van der Waals surface area (Å²) >= 11 is 0. The highest BCUT2D eigenvalue weighted by Gasteiger charge is 2.07. The van der Waals surface area contributed by atoms with E-state index in [1.165, 1.54) is 18.5 Å². The summed E-state index contributed by atoms with van der Waals surface area (Å²) in [4.78, 5) is 0. The van der Waals surface area contributed by atoms with Crippen LogP contribution in [0.3, 0.4) is 0 Å². The molecule has 0 spiro atoms. The van der Waals surface area contributed by atoms with Gasteiger partial charge >= 0.3 is 0 Å². The fraction of sp³-hybridized carbons (Fsp3) is 0.750. The van der Waals surface area contributed by atoms with Gasteiger partial charge < -0.3 is 5.32 Å². The second kappa shape index (κ2) is 8.59. The first-order valence-corrected chi connectivity index (χ1v) is 6.02. The molecule has 3 nitrogen and oxygen atoms in total. The number of unbranched alkanes of at least 4 members (excludes halogenated alkanes) is 1. The van der Waals surface area contributed by atoms with Crippen molar-refractivity contribution < 1.29 is 0 Å². The molecular weight excluding hydrogens is 222 g/mol. The number of rotatable bonds is 7. The zero-order valence-electron chi connectivity index (χ0n) is 10.6. The van der Waals surface area contributed by atoms with Crippen LogP contribution in [0.2, 0.25) is 0 Å². The van der Waals surface area contributed by atoms with Gasteiger partial charge in [-0.05, 0) is 32.4 Å². The molecule has 0 fully saturated rings. The Morgan fingerprint density at radius 2 is 2.19 bits per heavy atom. The van der Waals surface area contributed by atoms with Gasteiger partial charge in [0.1, 0.15) is 0 Å². The largest absolute Gasteiger partial charge is 0.311 e. The van der Waals surface area contributed by atoms with Crippen molar-refractivity contribution in [3.05, 3.63) is 18.0 Å². The average Bonchev–Trinajstić information content (AvgIpc) is 2.71. The molecule has 0 saturated heterocycles. The molecule has 1 rings (SSSR count). The van der Waals surface area contributed by atoms with Gasteiger partial charge in [-0.2, -0.15) is 5.10 Å². The van der Waals surface area contributed by atoms with Crippen LogP contribution in [-0.2, 0) is 6.54 Å². The van der Waals surface area contributed by atoms with Crippen molar-refractivity contribution in [3.8, 4) is 0 Å². The minimum atomic E-state index is 0. The molecule has 0 saturated carbocycles. The van der Waals surface area contributed by atoms with Gasteiger partial charge in [-0.1, -0.05) is 20.3 Å². The second-order valence-electron chi connectivity index (χ2n) is 4.05. The van der Waals surface area contributed by atoms with Crippen molar-refractivity contribution in [1.29, 1.82) is 0 Å². The smallest absolute Gasteiger partial charge is 0.0525 e. The van der Waals surface area contributed by atoms with Crippen molar-refractivity contribution in [3.63, 3.8) is 0 Å². The Morgan fingerprint density at radius 1 is 1.44 bits per heavy atom. The Kier molecular flexibility index (Phi) is 8.30. The van der Waals surface area contributed by atoms with Crippen molar-refractivity contribution in [2.45, 2.75) is 52.6 Å². The summed E-state index contributed by atoms with van der Waals surface area (Å²) in [5.74, 6) is 0. The molecule has 1 heterocycles. The van der Waals surface area contributed by atoms with Gasteiger partial charge in [0.2, 0.25) is 0 Å². The van der Waals surface area contributed by atoms with Crippen LogP contribution in [0.25, 0.3) is 0 Å². The third-order valence-electron chi connectivity index (χ3n) is 2.77. The Hall–Kier alpha value is -0.540. The summed E-state index contributed by atoms with van der Waals surface area (Å²) in [5.41, 5.74) is 1.29. The number of nitrogens with one attached hydrogen (secondary N) is 1. The number of aromatic nitrogens is 2. The summed E-state index contributed by atoms with van der Waals surface area (Å²) in [6.07, 6.45) is 5.52. The molecule has 1 N–H and O–H groups in total. The van der Waals surface area contributed by atoms with E-state index in [4.69, 9.17) is 0 Å². The molecule has 1 aromatic heterocycles. The highest BCUT2D eigenvalue weighted by Crippen LogP contribution is 2.11. The molecule has 1 atom stereocenters. The highest BCUT2D eigenvalue weighted by atomic mass is 35.5. The van der Waals surface area contributed by atoms with Crippen molar-refractivity contribution in [1.82, 2.24) is 15.1 Å². The Labute approximate surface area is 105 Å². The van der Waals surface area contributed by atoms with Crippen LogP contribution < -0.4 is 5.32 Å². The molecular formula is C12H24ClN3. The minimum Gasteiger partial charge on any atom is -0.311 e. The summed E-state index contributed by atoms with van der Waals surface area (Å²) in [5, 5.41) is 7.81. The van der Waals surface area contributed by atoms with E-state index >= 15 is 0 Å². The van der Waals surface area contributed by atoms with E-state index in [0.29, 0.717) is 6.04 Å². The minimum absolute atomic E-state index is 0. The van der Waals surface area contributed by atoms with Gasteiger partial charge in [0.15, 0.2) is 0 Å². The van der Waals surface area contributed by atoms with Crippen molar-refractivity contribution >= 4 is 12.4 Å². The molecule has 0 aliphatic rings. The van der Waals surface area contributed by atoms with Crippen LogP contribution in [0.5, 0.6) is 0 Å². The Bertz CT molecular complexity index is 273. The van der Waals surface area contributed by atoms with Crippen LogP contribution >= 0.6 is 12.4 Å². The first-order valence-electron chi connectivity index (χ1n) is 6.02. The van der Waals surface area contributed by atoms with Crippen molar-refractivity contribution in [2.75, 3.05) is 6.54 Å². The number of nitrogens with zero attached hydrogens (tertiary/aromatic N) is 2. The molecule has 0 aliphatic heterocycles. The SMILES string of the molecule is CCCCNCc1ccnn1C(C)CC.Cl. The fourth-order valence-corrected chi connectivity index (χ4v) is 1.57. The molecule has 0 bridgehead atoms. The van der Waals surface area contributed by atoms with Gasteiger partial charge in [-0.25, -0.2) is 0 Å². The Morgan fingerprint density at radius 3 is 2.81 bits per heavy atom. The van der Waals surface area contributed by atoms with Crippen LogP contribution in [0.4, 0.5) is 0 Å². The highest BCUT2D eigenvalue weighted by molar-refractivity contribution is 5.85. The van der Waals surface area contributed by atoms with Gasteiger partial charge in [0, 0.05) is 18.8 Å². The maximum Gasteiger partial charge on any atom is 0.0525 e. The second-order valence-corrected chi connectivity index (χ2v) is 4.05. The van der Waals surface area contributed by atoms with E-state index < -0.39 is 0 Å². The van der Waals surface area contributed by atoms with E-state index in [9.17, 15) is 0 Å². The maximum absolute atomic E-state index is 4.36. The molecule has 0 aliphatic carbocycles. The molecule has 1 unspecified atom stereocenters. The summed E-state index contributed by atoms with van der Waals surface area (Å²) in [6, 6.07) is 2.61. The lowest BCUT2D eigenvalue weighted by Gasteiger charge is -2.14. The number of halogens is 1. The quantitative estimate of drug-likeness (QED) is 0.748. The number of hydrogen-bond donors (Lipinski definition) is 1. The molecule has 1 aromatic rings. The third kappa shape index (κ3) is 4.54. The van der Waals surface area contributed by atoms with Gasteiger partial charge in [0.05, 0.1) is 5.69 Å². The van der Waals surface area contributed by atoms with Gasteiger partial charge in [-0.3, -0.25) is 4.68 Å². The predicted octanol–water partition coefficient (Wildman–Crippen LogP) is 3.17. The van der Waals surface area contributed by atoms with E-state index in [0.717, 1.165) is 19.5 Å². The first-order chi connectivity index (χ1) is 7.29. The van der Waals surface area contributed by atoms with E-state index in [-0.39, 0.29) is 12.4 Å². The topological polar surface area (TPSA) is 29.9 Å². The summed E-state index contributed by atoms with van der Waals surface area (Å²) in [7, 11) is 0. The van der Waals surface area contributed by atoms with E-state index in [1.54, 1.807) is 0 Å². The molecule has 4 heteroatoms. The van der Waals surface area contributed by atoms with Gasteiger partial charge in [0.25, 0.3) is 0 Å². The van der Waals surface area contributed by atoms with Crippen LogP contribution in [-0.4, -0.2) is 16.3 Å². The van der Waals surface area contributed by atoms with E-state index in [2.05, 4.69) is 41.9 Å². The molecule has 0 amide bonds. The first kappa shape index (κ1) is 15.5. The monoisotopic (exact) mass is 245 g/mol. The maximum atomic E-state index is 4.36. The van der Waals surface area contributed by atoms with Crippen LogP contribution in [0.1, 0.15) is 51.8 Å². The zero-order chi connectivity index (χ0) is 11.1. The van der Waals surface area contributed by atoms with Crippen LogP contribution in [0.15, 0.2) is 12.3 Å². The molecule has 0 radical (unpaired) electrons. The average molecular weight is 246 g/mol. The normalized spacial score (nSPS) is 12.2. The number of hydrogen-bond acceptors (Lipinski definition) is 2. The third-order valence-corrected chi connectivity index (χ3v) is 2.77. The fourth-order valence-electron chi connectivity index (χ4n) is 1.57. The molecule has 94 valence electrons. The Balaban J connectivity index is 0.00000225. The summed E-state index contributed by atoms with van der Waals surface area (Å²) in [6.45, 7) is 8.65. The zero-order valence-corrected chi connectivity index (χ0v) is 11.4. The molecule has 16 heavy (non-hydrogen) atoms. The lowest BCUT2D eigenvalue weighted by atomic mass is 10.2.